The predicted octanol–water partition coefficient (Wildman–Crippen LogP) is 3.89. The Morgan fingerprint density at radius 1 is 1.21 bits per heavy atom. The SMILES string of the molecule is CC[C@H]1[C@H](c2ccccc2)CC(=O)N1NC(=O)c1cccc(Br)c1. The molecule has 1 aliphatic rings. The van der Waals surface area contributed by atoms with Crippen molar-refractivity contribution in [1.82, 2.24) is 10.4 Å². The van der Waals surface area contributed by atoms with Gasteiger partial charge in [0.1, 0.15) is 0 Å². The maximum absolute atomic E-state index is 12.5. The second kappa shape index (κ2) is 7.18. The van der Waals surface area contributed by atoms with Crippen molar-refractivity contribution in [2.75, 3.05) is 0 Å². The van der Waals surface area contributed by atoms with Gasteiger partial charge in [-0.1, -0.05) is 59.3 Å². The van der Waals surface area contributed by atoms with Crippen LogP contribution in [0.25, 0.3) is 0 Å². The molecule has 4 nitrogen and oxygen atoms in total. The highest BCUT2D eigenvalue weighted by Crippen LogP contribution is 2.35. The molecule has 2 aromatic rings. The number of hydrazine groups is 1. The smallest absolute Gasteiger partial charge is 0.269 e. The van der Waals surface area contributed by atoms with Gasteiger partial charge in [0, 0.05) is 22.4 Å². The first-order valence-electron chi connectivity index (χ1n) is 8.03. The van der Waals surface area contributed by atoms with Gasteiger partial charge in [0.25, 0.3) is 5.91 Å². The molecule has 0 spiro atoms. The van der Waals surface area contributed by atoms with Crippen molar-refractivity contribution in [2.45, 2.75) is 31.7 Å². The summed E-state index contributed by atoms with van der Waals surface area (Å²) in [6, 6.07) is 17.1. The van der Waals surface area contributed by atoms with E-state index in [1.165, 1.54) is 5.01 Å². The fourth-order valence-corrected chi connectivity index (χ4v) is 3.64. The zero-order chi connectivity index (χ0) is 17.1. The monoisotopic (exact) mass is 386 g/mol. The minimum absolute atomic E-state index is 0.0315. The van der Waals surface area contributed by atoms with Gasteiger partial charge in [-0.2, -0.15) is 0 Å². The Hall–Kier alpha value is -2.14. The number of amides is 2. The molecule has 1 saturated heterocycles. The Bertz CT molecular complexity index is 748. The number of carbonyl (C=O) groups is 2. The van der Waals surface area contributed by atoms with E-state index >= 15 is 0 Å². The largest absolute Gasteiger partial charge is 0.273 e. The van der Waals surface area contributed by atoms with Crippen LogP contribution >= 0.6 is 15.9 Å². The summed E-state index contributed by atoms with van der Waals surface area (Å²) < 4.78 is 0.831. The highest BCUT2D eigenvalue weighted by molar-refractivity contribution is 9.10. The highest BCUT2D eigenvalue weighted by atomic mass is 79.9. The maximum Gasteiger partial charge on any atom is 0.269 e. The van der Waals surface area contributed by atoms with E-state index < -0.39 is 0 Å². The Morgan fingerprint density at radius 3 is 2.62 bits per heavy atom. The van der Waals surface area contributed by atoms with Crippen LogP contribution in [0.15, 0.2) is 59.1 Å². The summed E-state index contributed by atoms with van der Waals surface area (Å²) in [6.07, 6.45) is 1.20. The molecule has 5 heteroatoms. The lowest BCUT2D eigenvalue weighted by Crippen LogP contribution is -2.48. The number of hydrogen-bond donors (Lipinski definition) is 1. The lowest BCUT2D eigenvalue weighted by atomic mass is 9.90. The Labute approximate surface area is 150 Å². The summed E-state index contributed by atoms with van der Waals surface area (Å²) in [5, 5.41) is 1.51. The van der Waals surface area contributed by atoms with Crippen molar-refractivity contribution in [3.05, 3.63) is 70.2 Å². The number of nitrogens with one attached hydrogen (secondary N) is 1. The van der Waals surface area contributed by atoms with E-state index in [-0.39, 0.29) is 23.8 Å². The van der Waals surface area contributed by atoms with Crippen molar-refractivity contribution in [1.29, 1.82) is 0 Å². The standard InChI is InChI=1S/C19H19BrN2O2/c1-2-17-16(13-7-4-3-5-8-13)12-18(23)22(17)21-19(24)14-9-6-10-15(20)11-14/h3-11,16-17H,2,12H2,1H3,(H,21,24)/t16-,17-/m0/s1. The number of carbonyl (C=O) groups excluding carboxylic acids is 2. The van der Waals surface area contributed by atoms with Crippen LogP contribution in [-0.4, -0.2) is 22.9 Å². The van der Waals surface area contributed by atoms with Gasteiger partial charge in [-0.25, -0.2) is 0 Å². The molecule has 1 aliphatic heterocycles. The van der Waals surface area contributed by atoms with Crippen LogP contribution in [-0.2, 0) is 4.79 Å². The maximum atomic E-state index is 12.5. The summed E-state index contributed by atoms with van der Waals surface area (Å²) in [5.74, 6) is -0.206. The Balaban J connectivity index is 1.80. The zero-order valence-corrected chi connectivity index (χ0v) is 15.0. The summed E-state index contributed by atoms with van der Waals surface area (Å²) in [5.41, 5.74) is 4.46. The normalized spacial score (nSPS) is 20.2. The molecule has 1 fully saturated rings. The predicted molar refractivity (Wildman–Crippen MR) is 96.3 cm³/mol. The van der Waals surface area contributed by atoms with E-state index in [1.54, 1.807) is 18.2 Å². The minimum atomic E-state index is -0.267. The van der Waals surface area contributed by atoms with Crippen LogP contribution in [0.4, 0.5) is 0 Å². The van der Waals surface area contributed by atoms with Crippen LogP contribution in [0.5, 0.6) is 0 Å². The topological polar surface area (TPSA) is 49.4 Å². The molecule has 1 N–H and O–H groups in total. The molecule has 124 valence electrons. The fraction of sp³-hybridized carbons (Fsp3) is 0.263. The van der Waals surface area contributed by atoms with E-state index in [4.69, 9.17) is 0 Å². The van der Waals surface area contributed by atoms with Crippen molar-refractivity contribution in [3.8, 4) is 0 Å². The molecule has 0 aliphatic carbocycles. The van der Waals surface area contributed by atoms with Gasteiger partial charge in [0.15, 0.2) is 0 Å². The van der Waals surface area contributed by atoms with Crippen molar-refractivity contribution in [2.24, 2.45) is 0 Å². The second-order valence-corrected chi connectivity index (χ2v) is 6.83. The molecular weight excluding hydrogens is 368 g/mol. The molecule has 2 atom stereocenters. The number of nitrogens with zero attached hydrogens (tertiary/aromatic N) is 1. The average molecular weight is 387 g/mol. The molecule has 2 aromatic carbocycles. The van der Waals surface area contributed by atoms with E-state index in [2.05, 4.69) is 21.4 Å². The van der Waals surface area contributed by atoms with Gasteiger partial charge in [0.2, 0.25) is 5.91 Å². The number of halogens is 1. The van der Waals surface area contributed by atoms with Crippen LogP contribution in [0.3, 0.4) is 0 Å². The molecule has 3 rings (SSSR count). The number of hydrogen-bond acceptors (Lipinski definition) is 2. The minimum Gasteiger partial charge on any atom is -0.273 e. The first-order chi connectivity index (χ1) is 11.6. The van der Waals surface area contributed by atoms with Gasteiger partial charge in [-0.05, 0) is 30.2 Å². The number of benzene rings is 2. The third-order valence-corrected chi connectivity index (χ3v) is 4.91. The third-order valence-electron chi connectivity index (χ3n) is 4.41. The first-order valence-corrected chi connectivity index (χ1v) is 8.83. The summed E-state index contributed by atoms with van der Waals surface area (Å²) >= 11 is 3.36. The van der Waals surface area contributed by atoms with Crippen molar-refractivity contribution < 1.29 is 9.59 Å². The van der Waals surface area contributed by atoms with Crippen LogP contribution < -0.4 is 5.43 Å². The summed E-state index contributed by atoms with van der Waals surface area (Å²) in [4.78, 5) is 24.9. The summed E-state index contributed by atoms with van der Waals surface area (Å²) in [6.45, 7) is 2.04. The van der Waals surface area contributed by atoms with Gasteiger partial charge in [0.05, 0.1) is 6.04 Å². The molecular formula is C19H19BrN2O2. The quantitative estimate of drug-likeness (QED) is 0.866. The molecule has 0 radical (unpaired) electrons. The lowest BCUT2D eigenvalue weighted by Gasteiger charge is -2.27. The molecule has 1 heterocycles. The molecule has 2 amide bonds. The molecule has 24 heavy (non-hydrogen) atoms. The molecule has 0 bridgehead atoms. The molecule has 0 saturated carbocycles. The zero-order valence-electron chi connectivity index (χ0n) is 13.4. The van der Waals surface area contributed by atoms with Gasteiger partial charge >= 0.3 is 0 Å². The van der Waals surface area contributed by atoms with E-state index in [9.17, 15) is 9.59 Å². The molecule has 0 unspecified atom stereocenters. The second-order valence-electron chi connectivity index (χ2n) is 5.91. The van der Waals surface area contributed by atoms with Crippen molar-refractivity contribution in [3.63, 3.8) is 0 Å². The lowest BCUT2D eigenvalue weighted by molar-refractivity contribution is -0.131. The molecule has 0 aromatic heterocycles. The van der Waals surface area contributed by atoms with E-state index in [0.29, 0.717) is 12.0 Å². The number of rotatable bonds is 4. The summed E-state index contributed by atoms with van der Waals surface area (Å²) in [7, 11) is 0. The van der Waals surface area contributed by atoms with Gasteiger partial charge < -0.3 is 0 Å². The van der Waals surface area contributed by atoms with Crippen LogP contribution in [0, 0.1) is 0 Å². The van der Waals surface area contributed by atoms with Gasteiger partial charge in [-0.3, -0.25) is 20.0 Å². The fourth-order valence-electron chi connectivity index (χ4n) is 3.24. The van der Waals surface area contributed by atoms with E-state index in [0.717, 1.165) is 16.5 Å². The highest BCUT2D eigenvalue weighted by Gasteiger charge is 2.40. The third kappa shape index (κ3) is 3.36. The van der Waals surface area contributed by atoms with E-state index in [1.807, 2.05) is 43.3 Å². The van der Waals surface area contributed by atoms with Crippen LogP contribution in [0.2, 0.25) is 0 Å². The Morgan fingerprint density at radius 2 is 1.96 bits per heavy atom. The van der Waals surface area contributed by atoms with Crippen molar-refractivity contribution >= 4 is 27.7 Å². The van der Waals surface area contributed by atoms with Crippen LogP contribution in [0.1, 0.15) is 41.6 Å². The first kappa shape index (κ1) is 16.7. The average Bonchev–Trinajstić information content (AvgIpc) is 2.91. The Kier molecular flexibility index (Phi) is 5.00. The van der Waals surface area contributed by atoms with Gasteiger partial charge in [-0.15, -0.1) is 0 Å².